The Balaban J connectivity index is 1.29. The smallest absolute Gasteiger partial charge is 0.343 e. The molecule has 0 heterocycles. The standard InChI is InChI=1S/C34H37NO5/c1-2-33(36)39-25-13-9-7-5-3-4-6-8-12-24-38-31-22-20-28(21-23-31)27-16-18-29(19-17-27)34(37)40-32-15-11-10-14-30(32)26-35/h2,10-11,14-23H,1,3-9,12-13,24-25H2. The maximum Gasteiger partial charge on any atom is 0.343 e. The third-order valence-electron chi connectivity index (χ3n) is 6.49. The number of hydrogen-bond acceptors (Lipinski definition) is 6. The molecule has 0 aromatic heterocycles. The summed E-state index contributed by atoms with van der Waals surface area (Å²) in [6, 6.07) is 23.9. The summed E-state index contributed by atoms with van der Waals surface area (Å²) in [5.74, 6) is 0.257. The molecule has 0 amide bonds. The Hall–Kier alpha value is -4.37. The van der Waals surface area contributed by atoms with Gasteiger partial charge in [-0.25, -0.2) is 9.59 Å². The van der Waals surface area contributed by atoms with Gasteiger partial charge in [0, 0.05) is 6.08 Å². The first-order valence-corrected chi connectivity index (χ1v) is 13.9. The average molecular weight is 540 g/mol. The summed E-state index contributed by atoms with van der Waals surface area (Å²) >= 11 is 0. The first kappa shape index (κ1) is 30.2. The van der Waals surface area contributed by atoms with Crippen LogP contribution in [0.1, 0.15) is 73.7 Å². The van der Waals surface area contributed by atoms with Gasteiger partial charge in [0.25, 0.3) is 0 Å². The van der Waals surface area contributed by atoms with Gasteiger partial charge in [-0.1, -0.05) is 87.9 Å². The predicted octanol–water partition coefficient (Wildman–Crippen LogP) is 8.06. The van der Waals surface area contributed by atoms with E-state index < -0.39 is 5.97 Å². The molecule has 0 unspecified atom stereocenters. The van der Waals surface area contributed by atoms with Crippen molar-refractivity contribution >= 4 is 11.9 Å². The second-order valence-electron chi connectivity index (χ2n) is 9.50. The minimum absolute atomic E-state index is 0.253. The Morgan fingerprint density at radius 3 is 1.88 bits per heavy atom. The molecule has 40 heavy (non-hydrogen) atoms. The topological polar surface area (TPSA) is 85.6 Å². The molecule has 0 N–H and O–H groups in total. The van der Waals surface area contributed by atoms with Crippen LogP contribution < -0.4 is 9.47 Å². The van der Waals surface area contributed by atoms with E-state index in [1.807, 2.05) is 42.5 Å². The number of esters is 2. The molecule has 3 aromatic carbocycles. The summed E-state index contributed by atoms with van der Waals surface area (Å²) in [5, 5.41) is 9.17. The van der Waals surface area contributed by atoms with Gasteiger partial charge >= 0.3 is 11.9 Å². The number of hydrogen-bond donors (Lipinski definition) is 0. The first-order chi connectivity index (χ1) is 19.6. The number of para-hydroxylation sites is 1. The van der Waals surface area contributed by atoms with E-state index in [0.29, 0.717) is 24.3 Å². The maximum atomic E-state index is 12.5. The van der Waals surface area contributed by atoms with Crippen molar-refractivity contribution in [2.45, 2.75) is 57.8 Å². The molecular weight excluding hydrogens is 502 g/mol. The van der Waals surface area contributed by atoms with Crippen LogP contribution in [0.15, 0.2) is 85.5 Å². The first-order valence-electron chi connectivity index (χ1n) is 13.9. The predicted molar refractivity (Wildman–Crippen MR) is 156 cm³/mol. The molecule has 0 spiro atoms. The zero-order chi connectivity index (χ0) is 28.4. The summed E-state index contributed by atoms with van der Waals surface area (Å²) in [6.45, 7) is 4.57. The molecule has 3 aromatic rings. The molecule has 0 aliphatic carbocycles. The van der Waals surface area contributed by atoms with Crippen LogP contribution in [0.3, 0.4) is 0 Å². The Morgan fingerprint density at radius 2 is 1.27 bits per heavy atom. The van der Waals surface area contributed by atoms with E-state index in [4.69, 9.17) is 14.2 Å². The quantitative estimate of drug-likeness (QED) is 0.0746. The lowest BCUT2D eigenvalue weighted by Crippen LogP contribution is -2.09. The van der Waals surface area contributed by atoms with Crippen LogP contribution in [-0.2, 0) is 9.53 Å². The fourth-order valence-electron chi connectivity index (χ4n) is 4.21. The largest absolute Gasteiger partial charge is 0.494 e. The molecule has 0 atom stereocenters. The van der Waals surface area contributed by atoms with Crippen molar-refractivity contribution in [3.05, 3.63) is 96.6 Å². The van der Waals surface area contributed by atoms with Crippen LogP contribution in [-0.4, -0.2) is 25.2 Å². The van der Waals surface area contributed by atoms with Crippen LogP contribution in [0.5, 0.6) is 11.5 Å². The minimum Gasteiger partial charge on any atom is -0.494 e. The van der Waals surface area contributed by atoms with Gasteiger partial charge in [-0.3, -0.25) is 0 Å². The third-order valence-corrected chi connectivity index (χ3v) is 6.49. The van der Waals surface area contributed by atoms with E-state index in [-0.39, 0.29) is 11.7 Å². The second kappa shape index (κ2) is 17.3. The van der Waals surface area contributed by atoms with Crippen molar-refractivity contribution < 1.29 is 23.8 Å². The lowest BCUT2D eigenvalue weighted by molar-refractivity contribution is -0.137. The summed E-state index contributed by atoms with van der Waals surface area (Å²) in [6.07, 6.45) is 11.5. The van der Waals surface area contributed by atoms with E-state index >= 15 is 0 Å². The van der Waals surface area contributed by atoms with Gasteiger partial charge in [0.1, 0.15) is 17.6 Å². The second-order valence-corrected chi connectivity index (χ2v) is 9.50. The van der Waals surface area contributed by atoms with Crippen LogP contribution >= 0.6 is 0 Å². The molecule has 0 fully saturated rings. The summed E-state index contributed by atoms with van der Waals surface area (Å²) in [5.41, 5.74) is 2.75. The molecule has 0 saturated heterocycles. The van der Waals surface area contributed by atoms with Gasteiger partial charge in [0.15, 0.2) is 0 Å². The van der Waals surface area contributed by atoms with Gasteiger partial charge in [-0.2, -0.15) is 5.26 Å². The van der Waals surface area contributed by atoms with E-state index in [1.54, 1.807) is 36.4 Å². The van der Waals surface area contributed by atoms with Crippen LogP contribution in [0.4, 0.5) is 0 Å². The highest BCUT2D eigenvalue weighted by molar-refractivity contribution is 5.92. The number of nitriles is 1. The van der Waals surface area contributed by atoms with E-state index in [0.717, 1.165) is 42.6 Å². The lowest BCUT2D eigenvalue weighted by atomic mass is 10.0. The van der Waals surface area contributed by atoms with Crippen LogP contribution in [0.25, 0.3) is 11.1 Å². The van der Waals surface area contributed by atoms with Crippen molar-refractivity contribution in [1.29, 1.82) is 5.26 Å². The summed E-state index contributed by atoms with van der Waals surface area (Å²) in [7, 11) is 0. The molecule has 6 heteroatoms. The van der Waals surface area contributed by atoms with E-state index in [1.165, 1.54) is 38.2 Å². The van der Waals surface area contributed by atoms with Gasteiger partial charge in [-0.05, 0) is 60.4 Å². The van der Waals surface area contributed by atoms with Crippen molar-refractivity contribution in [2.75, 3.05) is 13.2 Å². The Labute approximate surface area is 237 Å². The minimum atomic E-state index is -0.501. The molecule has 208 valence electrons. The van der Waals surface area contributed by atoms with Gasteiger partial charge in [0.2, 0.25) is 0 Å². The molecule has 0 bridgehead atoms. The zero-order valence-electron chi connectivity index (χ0n) is 23.0. The van der Waals surface area contributed by atoms with Crippen LogP contribution in [0.2, 0.25) is 0 Å². The molecule has 0 aliphatic heterocycles. The fourth-order valence-corrected chi connectivity index (χ4v) is 4.21. The molecular formula is C34H37NO5. The summed E-state index contributed by atoms with van der Waals surface area (Å²) < 4.78 is 16.3. The SMILES string of the molecule is C=CC(=O)OCCCCCCCCCCCOc1ccc(-c2ccc(C(=O)Oc3ccccc3C#N)cc2)cc1. The van der Waals surface area contributed by atoms with Gasteiger partial charge in [0.05, 0.1) is 24.3 Å². The van der Waals surface area contributed by atoms with Crippen molar-refractivity contribution in [1.82, 2.24) is 0 Å². The highest BCUT2D eigenvalue weighted by atomic mass is 16.5. The van der Waals surface area contributed by atoms with Gasteiger partial charge in [-0.15, -0.1) is 0 Å². The molecule has 0 radical (unpaired) electrons. The van der Waals surface area contributed by atoms with Gasteiger partial charge < -0.3 is 14.2 Å². The molecule has 0 saturated carbocycles. The Kier molecular flexibility index (Phi) is 13.0. The molecule has 6 nitrogen and oxygen atoms in total. The van der Waals surface area contributed by atoms with Crippen molar-refractivity contribution in [3.63, 3.8) is 0 Å². The fraction of sp³-hybridized carbons (Fsp3) is 0.324. The average Bonchev–Trinajstić information content (AvgIpc) is 3.00. The normalized spacial score (nSPS) is 10.4. The highest BCUT2D eigenvalue weighted by Gasteiger charge is 2.11. The zero-order valence-corrected chi connectivity index (χ0v) is 23.0. The highest BCUT2D eigenvalue weighted by Crippen LogP contribution is 2.24. The molecule has 0 aliphatic rings. The number of ether oxygens (including phenoxy) is 3. The number of carbonyl (C=O) groups is 2. The Bertz CT molecular complexity index is 1260. The van der Waals surface area contributed by atoms with Crippen molar-refractivity contribution in [3.8, 4) is 28.7 Å². The number of benzene rings is 3. The van der Waals surface area contributed by atoms with E-state index in [2.05, 4.69) is 6.58 Å². The van der Waals surface area contributed by atoms with Crippen molar-refractivity contribution in [2.24, 2.45) is 0 Å². The van der Waals surface area contributed by atoms with Crippen LogP contribution in [0, 0.1) is 11.3 Å². The van der Waals surface area contributed by atoms with E-state index in [9.17, 15) is 14.9 Å². The number of unbranched alkanes of at least 4 members (excludes halogenated alkanes) is 8. The monoisotopic (exact) mass is 539 g/mol. The third kappa shape index (κ3) is 10.4. The lowest BCUT2D eigenvalue weighted by Gasteiger charge is -2.09. The number of rotatable bonds is 17. The Morgan fingerprint density at radius 1 is 0.725 bits per heavy atom. The summed E-state index contributed by atoms with van der Waals surface area (Å²) in [4.78, 5) is 23.4. The number of nitrogens with zero attached hydrogens (tertiary/aromatic N) is 1. The maximum absolute atomic E-state index is 12.5. The molecule has 3 rings (SSSR count). The number of carbonyl (C=O) groups excluding carboxylic acids is 2.